The highest BCUT2D eigenvalue weighted by molar-refractivity contribution is 6.31. The minimum atomic E-state index is -1.02. The summed E-state index contributed by atoms with van der Waals surface area (Å²) in [4.78, 5) is 15.0. The van der Waals surface area contributed by atoms with Crippen LogP contribution in [0.5, 0.6) is 0 Å². The maximum Gasteiger partial charge on any atom is 0.248 e. The molecule has 1 fully saturated rings. The molecule has 1 aromatic heterocycles. The van der Waals surface area contributed by atoms with Crippen LogP contribution in [0.25, 0.3) is 0 Å². The van der Waals surface area contributed by atoms with Crippen molar-refractivity contribution in [1.29, 1.82) is 0 Å². The lowest BCUT2D eigenvalue weighted by atomic mass is 9.96. The molecule has 5 rings (SSSR count). The number of likely N-dealkylation sites (tertiary alicyclic amines) is 1. The smallest absolute Gasteiger partial charge is 0.248 e. The van der Waals surface area contributed by atoms with E-state index in [1.165, 1.54) is 5.01 Å². The predicted octanol–water partition coefficient (Wildman–Crippen LogP) is 2.24. The molecule has 32 heavy (non-hydrogen) atoms. The minimum absolute atomic E-state index is 0.00765. The number of hydrazine groups is 1. The van der Waals surface area contributed by atoms with Crippen LogP contribution < -0.4 is 16.9 Å². The van der Waals surface area contributed by atoms with E-state index < -0.39 is 17.3 Å². The molecule has 3 aliphatic heterocycles. The lowest BCUT2D eigenvalue weighted by Crippen LogP contribution is -2.55. The summed E-state index contributed by atoms with van der Waals surface area (Å²) in [5, 5.41) is 1.27. The standard InChI is InChI=1S/C20H21ClF2N8O/c21-16-12(13(22)5-6-14(16)23)10-30-7-1-3-11(30)9-20(15-4-2-8-32-15)28-19-27-17(24)26-18(25)31(19)29-20/h2,4-6,8,11,29H,1,3,7,9-10H2,(H4,24,25,26,27,28). The van der Waals surface area contributed by atoms with Gasteiger partial charge in [0, 0.05) is 24.6 Å². The molecule has 0 radical (unpaired) electrons. The van der Waals surface area contributed by atoms with Crippen molar-refractivity contribution in [2.75, 3.05) is 6.54 Å². The summed E-state index contributed by atoms with van der Waals surface area (Å²) >= 11 is 6.06. The van der Waals surface area contributed by atoms with E-state index in [4.69, 9.17) is 32.5 Å². The van der Waals surface area contributed by atoms with E-state index in [2.05, 4.69) is 20.3 Å². The maximum atomic E-state index is 14.4. The topological polar surface area (TPSA) is 121 Å². The summed E-state index contributed by atoms with van der Waals surface area (Å²) in [7, 11) is 0. The van der Waals surface area contributed by atoms with Gasteiger partial charge in [0.15, 0.2) is 5.66 Å². The van der Waals surface area contributed by atoms with Gasteiger partial charge in [0.2, 0.25) is 17.9 Å². The molecule has 2 aromatic rings. The van der Waals surface area contributed by atoms with E-state index in [1.807, 2.05) is 0 Å². The molecule has 0 bridgehead atoms. The molecule has 12 heteroatoms. The fourth-order valence-corrected chi connectivity index (χ4v) is 4.63. The summed E-state index contributed by atoms with van der Waals surface area (Å²) < 4.78 is 34.0. The zero-order valence-corrected chi connectivity index (χ0v) is 17.7. The van der Waals surface area contributed by atoms with Gasteiger partial charge in [0.25, 0.3) is 0 Å². The van der Waals surface area contributed by atoms with Gasteiger partial charge in [0.1, 0.15) is 17.4 Å². The zero-order valence-electron chi connectivity index (χ0n) is 16.9. The summed E-state index contributed by atoms with van der Waals surface area (Å²) in [5.41, 5.74) is 14.1. The van der Waals surface area contributed by atoms with E-state index in [0.29, 0.717) is 18.7 Å². The number of halogens is 3. The Kier molecular flexibility index (Phi) is 5.11. The molecular weight excluding hydrogens is 442 g/mol. The molecule has 3 aliphatic rings. The van der Waals surface area contributed by atoms with E-state index in [1.54, 1.807) is 18.4 Å². The third-order valence-corrected chi connectivity index (χ3v) is 6.33. The Morgan fingerprint density at radius 2 is 2.03 bits per heavy atom. The number of nitrogens with zero attached hydrogens (tertiary/aromatic N) is 5. The second kappa shape index (κ2) is 7.84. The van der Waals surface area contributed by atoms with Gasteiger partial charge in [-0.15, -0.1) is 0 Å². The first kappa shape index (κ1) is 20.9. The van der Waals surface area contributed by atoms with Crippen molar-refractivity contribution in [3.8, 4) is 0 Å². The Balaban J connectivity index is 1.45. The molecule has 2 atom stereocenters. The molecule has 9 nitrogen and oxygen atoms in total. The normalized spacial score (nSPS) is 25.5. The molecule has 1 saturated heterocycles. The van der Waals surface area contributed by atoms with Crippen LogP contribution >= 0.6 is 11.6 Å². The first-order valence-corrected chi connectivity index (χ1v) is 10.5. The van der Waals surface area contributed by atoms with E-state index in [9.17, 15) is 8.78 Å². The number of aliphatic imine (C=N–C) groups is 3. The third-order valence-electron chi connectivity index (χ3n) is 5.92. The molecule has 1 aromatic carbocycles. The largest absolute Gasteiger partial charge is 0.465 e. The Morgan fingerprint density at radius 3 is 2.81 bits per heavy atom. The van der Waals surface area contributed by atoms with E-state index in [-0.39, 0.29) is 41.1 Å². The molecule has 168 valence electrons. The van der Waals surface area contributed by atoms with Crippen molar-refractivity contribution < 1.29 is 13.2 Å². The van der Waals surface area contributed by atoms with Crippen LogP contribution in [0, 0.1) is 11.6 Å². The summed E-state index contributed by atoms with van der Waals surface area (Å²) in [6.45, 7) is 0.885. The lowest BCUT2D eigenvalue weighted by Gasteiger charge is -2.33. The summed E-state index contributed by atoms with van der Waals surface area (Å²) in [6, 6.07) is 5.66. The van der Waals surface area contributed by atoms with Crippen molar-refractivity contribution in [2.45, 2.75) is 37.5 Å². The Bertz CT molecular complexity index is 1130. The van der Waals surface area contributed by atoms with Gasteiger partial charge in [0.05, 0.1) is 11.3 Å². The first-order valence-electron chi connectivity index (χ1n) is 10.1. The zero-order chi connectivity index (χ0) is 22.5. The van der Waals surface area contributed by atoms with Crippen LogP contribution in [0.2, 0.25) is 5.02 Å². The van der Waals surface area contributed by atoms with Gasteiger partial charge in [-0.1, -0.05) is 11.6 Å². The van der Waals surface area contributed by atoms with Crippen molar-refractivity contribution in [3.05, 3.63) is 58.5 Å². The highest BCUT2D eigenvalue weighted by Crippen LogP contribution is 2.38. The number of rotatable bonds is 5. The molecule has 0 amide bonds. The molecular formula is C20H21ClF2N8O. The minimum Gasteiger partial charge on any atom is -0.465 e. The highest BCUT2D eigenvalue weighted by atomic mass is 35.5. The number of fused-ring (bicyclic) bond motifs is 1. The SMILES string of the molecule is NC1=NC2=NC(CC3CCCN3Cc3c(F)ccc(F)c3Cl)(c3ccco3)NN2C(N)=N1. The van der Waals surface area contributed by atoms with Gasteiger partial charge in [-0.05, 0) is 43.7 Å². The number of nitrogens with two attached hydrogens (primary N) is 2. The highest BCUT2D eigenvalue weighted by Gasteiger charge is 2.48. The lowest BCUT2D eigenvalue weighted by molar-refractivity contribution is 0.146. The average molecular weight is 463 g/mol. The fraction of sp³-hybridized carbons (Fsp3) is 0.350. The van der Waals surface area contributed by atoms with E-state index in [0.717, 1.165) is 25.0 Å². The van der Waals surface area contributed by atoms with Crippen LogP contribution in [-0.4, -0.2) is 40.4 Å². The molecule has 4 heterocycles. The molecule has 0 saturated carbocycles. The number of benzene rings is 1. The number of furan rings is 1. The summed E-state index contributed by atoms with van der Waals surface area (Å²) in [5.74, 6) is -0.224. The first-order chi connectivity index (χ1) is 15.4. The molecule has 5 N–H and O–H groups in total. The van der Waals surface area contributed by atoms with Crippen molar-refractivity contribution in [2.24, 2.45) is 26.4 Å². The summed E-state index contributed by atoms with van der Waals surface area (Å²) in [6.07, 6.45) is 3.73. The van der Waals surface area contributed by atoms with Crippen molar-refractivity contribution in [1.82, 2.24) is 15.3 Å². The van der Waals surface area contributed by atoms with Gasteiger partial charge >= 0.3 is 0 Å². The monoisotopic (exact) mass is 462 g/mol. The second-order valence-corrected chi connectivity index (χ2v) is 8.31. The van der Waals surface area contributed by atoms with Gasteiger partial charge < -0.3 is 15.9 Å². The van der Waals surface area contributed by atoms with Gasteiger partial charge in [-0.2, -0.15) is 15.4 Å². The average Bonchev–Trinajstić information content (AvgIpc) is 3.49. The second-order valence-electron chi connectivity index (χ2n) is 7.93. The number of guanidine groups is 3. The molecule has 0 spiro atoms. The van der Waals surface area contributed by atoms with Crippen LogP contribution in [0.4, 0.5) is 8.78 Å². The van der Waals surface area contributed by atoms with Crippen LogP contribution in [0.3, 0.4) is 0 Å². The van der Waals surface area contributed by atoms with Crippen LogP contribution in [0.1, 0.15) is 30.6 Å². The number of nitrogens with one attached hydrogen (secondary N) is 1. The van der Waals surface area contributed by atoms with Crippen LogP contribution in [0.15, 0.2) is 49.9 Å². The van der Waals surface area contributed by atoms with Crippen LogP contribution in [-0.2, 0) is 12.2 Å². The Morgan fingerprint density at radius 1 is 1.22 bits per heavy atom. The fourth-order valence-electron chi connectivity index (χ4n) is 4.42. The quantitative estimate of drug-likeness (QED) is 0.586. The van der Waals surface area contributed by atoms with Gasteiger partial charge in [-0.3, -0.25) is 4.90 Å². The maximum absolute atomic E-state index is 14.4. The number of hydrogen-bond acceptors (Lipinski definition) is 9. The van der Waals surface area contributed by atoms with Crippen molar-refractivity contribution >= 4 is 29.5 Å². The predicted molar refractivity (Wildman–Crippen MR) is 115 cm³/mol. The van der Waals surface area contributed by atoms with Gasteiger partial charge in [-0.25, -0.2) is 18.8 Å². The number of hydrogen-bond donors (Lipinski definition) is 3. The van der Waals surface area contributed by atoms with E-state index >= 15 is 0 Å². The Hall–Kier alpha value is -3.02. The molecule has 2 unspecified atom stereocenters. The molecule has 0 aliphatic carbocycles. The van der Waals surface area contributed by atoms with Crippen molar-refractivity contribution in [3.63, 3.8) is 0 Å². The Labute approximate surface area is 187 Å². The third kappa shape index (κ3) is 3.51.